The molecular weight excluding hydrogens is 192 g/mol. The number of rotatable bonds is 5. The molecule has 2 N–H and O–H groups in total. The fourth-order valence-corrected chi connectivity index (χ4v) is 0.738. The molecule has 0 atom stereocenters. The van der Waals surface area contributed by atoms with Crippen molar-refractivity contribution in [3.8, 4) is 6.07 Å². The molecule has 1 amide bonds. The highest BCUT2D eigenvalue weighted by Crippen LogP contribution is 1.93. The molecule has 0 unspecified atom stereocenters. The Hall–Kier alpha value is -2.10. The lowest BCUT2D eigenvalue weighted by atomic mass is 10.3. The second-order valence-electron chi connectivity index (χ2n) is 2.37. The number of carbonyl (C=O) groups is 3. The maximum Gasteiger partial charge on any atom is 0.323 e. The van der Waals surface area contributed by atoms with Crippen LogP contribution in [0.15, 0.2) is 0 Å². The van der Waals surface area contributed by atoms with Gasteiger partial charge in [0.15, 0.2) is 0 Å². The van der Waals surface area contributed by atoms with Gasteiger partial charge < -0.3 is 15.1 Å². The number of carboxylic acid groups (broad SMARTS) is 2. The molecule has 0 aromatic carbocycles. The van der Waals surface area contributed by atoms with Gasteiger partial charge in [0.2, 0.25) is 5.91 Å². The van der Waals surface area contributed by atoms with Gasteiger partial charge in [0.1, 0.15) is 19.5 Å². The van der Waals surface area contributed by atoms with Gasteiger partial charge in [0.25, 0.3) is 0 Å². The molecule has 0 rings (SSSR count). The van der Waals surface area contributed by atoms with Gasteiger partial charge in [-0.1, -0.05) is 0 Å². The predicted octanol–water partition coefficient (Wildman–Crippen LogP) is -1.10. The number of hydrogen-bond acceptors (Lipinski definition) is 4. The minimum atomic E-state index is -1.32. The van der Waals surface area contributed by atoms with Gasteiger partial charge in [-0.25, -0.2) is 0 Å². The van der Waals surface area contributed by atoms with Crippen molar-refractivity contribution in [2.75, 3.05) is 13.1 Å². The Balaban J connectivity index is 4.39. The molecule has 0 fully saturated rings. The van der Waals surface area contributed by atoms with Crippen molar-refractivity contribution >= 4 is 17.8 Å². The molecule has 14 heavy (non-hydrogen) atoms. The monoisotopic (exact) mass is 200 g/mol. The SMILES string of the molecule is N#CCC(=O)N(CC(=O)O)CC(=O)O. The topological polar surface area (TPSA) is 119 Å². The van der Waals surface area contributed by atoms with Crippen molar-refractivity contribution in [3.05, 3.63) is 0 Å². The van der Waals surface area contributed by atoms with Crippen LogP contribution in [-0.4, -0.2) is 46.0 Å². The van der Waals surface area contributed by atoms with E-state index in [1.165, 1.54) is 6.07 Å². The Kier molecular flexibility index (Phi) is 4.70. The van der Waals surface area contributed by atoms with Gasteiger partial charge in [-0.15, -0.1) is 0 Å². The van der Waals surface area contributed by atoms with E-state index in [-0.39, 0.29) is 0 Å². The summed E-state index contributed by atoms with van der Waals surface area (Å²) in [6.07, 6.45) is -0.527. The zero-order chi connectivity index (χ0) is 11.1. The number of carbonyl (C=O) groups excluding carboxylic acids is 1. The van der Waals surface area contributed by atoms with Crippen LogP contribution >= 0.6 is 0 Å². The third-order valence-corrected chi connectivity index (χ3v) is 1.24. The van der Waals surface area contributed by atoms with Gasteiger partial charge >= 0.3 is 11.9 Å². The van der Waals surface area contributed by atoms with Crippen LogP contribution in [0.25, 0.3) is 0 Å². The first-order valence-corrected chi connectivity index (χ1v) is 3.55. The van der Waals surface area contributed by atoms with Crippen LogP contribution in [0.5, 0.6) is 0 Å². The van der Waals surface area contributed by atoms with E-state index in [2.05, 4.69) is 0 Å². The zero-order valence-electron chi connectivity index (χ0n) is 7.13. The van der Waals surface area contributed by atoms with Crippen LogP contribution in [0.3, 0.4) is 0 Å². The molecule has 0 aliphatic rings. The Morgan fingerprint density at radius 2 is 1.57 bits per heavy atom. The maximum atomic E-state index is 11.0. The lowest BCUT2D eigenvalue weighted by Gasteiger charge is -2.16. The van der Waals surface area contributed by atoms with E-state index < -0.39 is 37.4 Å². The summed E-state index contributed by atoms with van der Waals surface area (Å²) in [7, 11) is 0. The Morgan fingerprint density at radius 1 is 1.14 bits per heavy atom. The van der Waals surface area contributed by atoms with Gasteiger partial charge in [-0.2, -0.15) is 5.26 Å². The Morgan fingerprint density at radius 3 is 1.86 bits per heavy atom. The summed E-state index contributed by atoms with van der Waals surface area (Å²) in [6.45, 7) is -1.43. The van der Waals surface area contributed by atoms with Gasteiger partial charge in [-0.3, -0.25) is 14.4 Å². The Bertz CT molecular complexity index is 277. The molecule has 0 saturated heterocycles. The molecule has 76 valence electrons. The van der Waals surface area contributed by atoms with Crippen LogP contribution in [0.4, 0.5) is 0 Å². The zero-order valence-corrected chi connectivity index (χ0v) is 7.13. The number of carboxylic acids is 2. The molecule has 0 aliphatic carbocycles. The first kappa shape index (κ1) is 11.9. The molecule has 0 saturated carbocycles. The number of nitriles is 1. The molecule has 0 radical (unpaired) electrons. The third kappa shape index (κ3) is 4.71. The van der Waals surface area contributed by atoms with Gasteiger partial charge in [0, 0.05) is 0 Å². The summed E-state index contributed by atoms with van der Waals surface area (Å²) < 4.78 is 0. The van der Waals surface area contributed by atoms with Gasteiger partial charge in [0.05, 0.1) is 6.07 Å². The summed E-state index contributed by atoms with van der Waals surface area (Å²) in [5.41, 5.74) is 0. The van der Waals surface area contributed by atoms with Crippen LogP contribution in [0, 0.1) is 11.3 Å². The van der Waals surface area contributed by atoms with Crippen LogP contribution in [0.2, 0.25) is 0 Å². The molecular formula is C7H8N2O5. The third-order valence-electron chi connectivity index (χ3n) is 1.24. The van der Waals surface area contributed by atoms with Crippen LogP contribution < -0.4 is 0 Å². The van der Waals surface area contributed by atoms with E-state index in [1.807, 2.05) is 0 Å². The van der Waals surface area contributed by atoms with Crippen molar-refractivity contribution < 1.29 is 24.6 Å². The minimum Gasteiger partial charge on any atom is -0.480 e. The highest BCUT2D eigenvalue weighted by atomic mass is 16.4. The van der Waals surface area contributed by atoms with Crippen molar-refractivity contribution in [1.82, 2.24) is 4.90 Å². The molecule has 0 bridgehead atoms. The summed E-state index contributed by atoms with van der Waals surface area (Å²) in [5, 5.41) is 24.8. The quantitative estimate of drug-likeness (QED) is 0.581. The van der Waals surface area contributed by atoms with E-state index >= 15 is 0 Å². The molecule has 0 aromatic heterocycles. The fourth-order valence-electron chi connectivity index (χ4n) is 0.738. The summed E-state index contributed by atoms with van der Waals surface area (Å²) in [5.74, 6) is -3.45. The number of nitrogens with zero attached hydrogens (tertiary/aromatic N) is 2. The summed E-state index contributed by atoms with van der Waals surface area (Å²) >= 11 is 0. The second kappa shape index (κ2) is 5.53. The standard InChI is InChI=1S/C7H8N2O5/c8-2-1-5(10)9(3-6(11)12)4-7(13)14/h1,3-4H2,(H,11,12)(H,13,14). The smallest absolute Gasteiger partial charge is 0.323 e. The second-order valence-corrected chi connectivity index (χ2v) is 2.37. The van der Waals surface area contributed by atoms with Crippen LogP contribution in [0.1, 0.15) is 6.42 Å². The average molecular weight is 200 g/mol. The molecule has 0 aliphatic heterocycles. The normalized spacial score (nSPS) is 8.79. The fraction of sp³-hybridized carbons (Fsp3) is 0.429. The van der Waals surface area contributed by atoms with Crippen molar-refractivity contribution in [3.63, 3.8) is 0 Å². The number of amides is 1. The van der Waals surface area contributed by atoms with Crippen LogP contribution in [-0.2, 0) is 14.4 Å². The van der Waals surface area contributed by atoms with Crippen molar-refractivity contribution in [2.24, 2.45) is 0 Å². The summed E-state index contributed by atoms with van der Waals surface area (Å²) in [6, 6.07) is 1.52. The first-order chi connectivity index (χ1) is 6.47. The molecule has 0 aromatic rings. The van der Waals surface area contributed by atoms with E-state index in [0.29, 0.717) is 4.90 Å². The highest BCUT2D eigenvalue weighted by Gasteiger charge is 2.18. The molecule has 7 heteroatoms. The van der Waals surface area contributed by atoms with Gasteiger partial charge in [-0.05, 0) is 0 Å². The predicted molar refractivity (Wildman–Crippen MR) is 42.1 cm³/mol. The maximum absolute atomic E-state index is 11.0. The number of hydrogen-bond donors (Lipinski definition) is 2. The van der Waals surface area contributed by atoms with E-state index in [0.717, 1.165) is 0 Å². The largest absolute Gasteiger partial charge is 0.480 e. The highest BCUT2D eigenvalue weighted by molar-refractivity contribution is 5.86. The molecule has 0 spiro atoms. The average Bonchev–Trinajstić information content (AvgIpc) is 2.01. The van der Waals surface area contributed by atoms with E-state index in [1.54, 1.807) is 0 Å². The Labute approximate surface area is 79.2 Å². The van der Waals surface area contributed by atoms with E-state index in [4.69, 9.17) is 15.5 Å². The lowest BCUT2D eigenvalue weighted by Crippen LogP contribution is -2.39. The molecule has 0 heterocycles. The van der Waals surface area contributed by atoms with E-state index in [9.17, 15) is 14.4 Å². The van der Waals surface area contributed by atoms with Crippen molar-refractivity contribution in [2.45, 2.75) is 6.42 Å². The van der Waals surface area contributed by atoms with Crippen molar-refractivity contribution in [1.29, 1.82) is 5.26 Å². The first-order valence-electron chi connectivity index (χ1n) is 3.55. The minimum absolute atomic E-state index is 0.527. The molecule has 7 nitrogen and oxygen atoms in total. The lowest BCUT2D eigenvalue weighted by molar-refractivity contribution is -0.148. The number of aliphatic carboxylic acids is 2. The summed E-state index contributed by atoms with van der Waals surface area (Å²) in [4.78, 5) is 32.0.